The van der Waals surface area contributed by atoms with Crippen molar-refractivity contribution in [3.63, 3.8) is 0 Å². The highest BCUT2D eigenvalue weighted by Crippen LogP contribution is 2.52. The molecular formula is C24H27N3O5. The van der Waals surface area contributed by atoms with Crippen molar-refractivity contribution in [1.29, 1.82) is 0 Å². The van der Waals surface area contributed by atoms with Crippen LogP contribution in [0.15, 0.2) is 35.6 Å². The van der Waals surface area contributed by atoms with Crippen molar-refractivity contribution in [2.24, 2.45) is 5.41 Å². The van der Waals surface area contributed by atoms with E-state index in [1.807, 2.05) is 38.1 Å². The van der Waals surface area contributed by atoms with E-state index in [0.29, 0.717) is 35.5 Å². The first-order valence-corrected chi connectivity index (χ1v) is 10.5. The number of Topliss-reactive ketones (excluding diaryl/α,β-unsaturated/α-hetero) is 1. The van der Waals surface area contributed by atoms with Crippen molar-refractivity contribution in [2.75, 3.05) is 25.2 Å². The number of nitrogens with zero attached hydrogens (tertiary/aromatic N) is 1. The Balaban J connectivity index is 1.97. The number of pyridine rings is 1. The summed E-state index contributed by atoms with van der Waals surface area (Å²) in [5.41, 5.74) is 14.2. The largest absolute Gasteiger partial charge is 0.497 e. The number of allylic oxidation sites excluding steroid dienone is 2. The quantitative estimate of drug-likeness (QED) is 0.695. The molecule has 2 heterocycles. The van der Waals surface area contributed by atoms with Crippen LogP contribution in [-0.4, -0.2) is 30.5 Å². The van der Waals surface area contributed by atoms with Crippen LogP contribution in [0, 0.1) is 5.41 Å². The fourth-order valence-corrected chi connectivity index (χ4v) is 4.47. The van der Waals surface area contributed by atoms with Crippen LogP contribution in [0.5, 0.6) is 11.6 Å². The maximum Gasteiger partial charge on any atom is 0.344 e. The summed E-state index contributed by atoms with van der Waals surface area (Å²) in [5, 5.41) is 0. The summed E-state index contributed by atoms with van der Waals surface area (Å²) in [6, 6.07) is 7.37. The molecule has 8 nitrogen and oxygen atoms in total. The lowest BCUT2D eigenvalue weighted by Crippen LogP contribution is -2.34. The summed E-state index contributed by atoms with van der Waals surface area (Å²) in [6.45, 7) is 5.90. The van der Waals surface area contributed by atoms with E-state index in [0.717, 1.165) is 5.56 Å². The number of ketones is 1. The van der Waals surface area contributed by atoms with Gasteiger partial charge in [0.15, 0.2) is 5.78 Å². The SMILES string of the molecule is CCOC(=O)c1c(N)nc2c(c1N)C(c1ccc(OC)cc1)C1=C(CC(C)(C)CC1=O)O2. The summed E-state index contributed by atoms with van der Waals surface area (Å²) >= 11 is 0. The van der Waals surface area contributed by atoms with Crippen LogP contribution < -0.4 is 20.9 Å². The van der Waals surface area contributed by atoms with Gasteiger partial charge in [-0.1, -0.05) is 26.0 Å². The molecule has 0 amide bonds. The standard InChI is InChI=1S/C24H27N3O5/c1-5-31-23(29)19-20(25)18-16(12-6-8-13(30-4)9-7-12)17-14(28)10-24(2,3)11-15(17)32-22(18)27-21(19)26/h6-9,16H,5,10-11H2,1-4H3,(H4,25,26,27). The molecule has 1 unspecified atom stereocenters. The Bertz CT molecular complexity index is 1140. The van der Waals surface area contributed by atoms with Crippen molar-refractivity contribution in [3.8, 4) is 11.6 Å². The maximum atomic E-state index is 13.3. The second kappa shape index (κ2) is 7.85. The Morgan fingerprint density at radius 1 is 1.22 bits per heavy atom. The average molecular weight is 437 g/mol. The molecule has 4 rings (SSSR count). The molecule has 1 aliphatic heterocycles. The number of aromatic nitrogens is 1. The molecule has 0 fully saturated rings. The molecule has 0 bridgehead atoms. The van der Waals surface area contributed by atoms with Gasteiger partial charge in [0.25, 0.3) is 0 Å². The third-order valence-electron chi connectivity index (χ3n) is 5.87. The van der Waals surface area contributed by atoms with Gasteiger partial charge in [-0.25, -0.2) is 4.79 Å². The van der Waals surface area contributed by atoms with Crippen LogP contribution in [0.3, 0.4) is 0 Å². The van der Waals surface area contributed by atoms with E-state index in [4.69, 9.17) is 25.7 Å². The lowest BCUT2D eigenvalue weighted by atomic mass is 9.70. The van der Waals surface area contributed by atoms with Crippen LogP contribution in [0.2, 0.25) is 0 Å². The molecular weight excluding hydrogens is 410 g/mol. The topological polar surface area (TPSA) is 127 Å². The number of hydrogen-bond donors (Lipinski definition) is 2. The number of carbonyl (C=O) groups excluding carboxylic acids is 2. The average Bonchev–Trinajstić information content (AvgIpc) is 2.71. The van der Waals surface area contributed by atoms with Gasteiger partial charge < -0.3 is 25.7 Å². The molecule has 1 aliphatic carbocycles. The second-order valence-electron chi connectivity index (χ2n) is 8.81. The lowest BCUT2D eigenvalue weighted by molar-refractivity contribution is -0.118. The first-order valence-electron chi connectivity index (χ1n) is 10.5. The normalized spacial score (nSPS) is 19.0. The number of hydrogen-bond acceptors (Lipinski definition) is 8. The molecule has 0 spiro atoms. The van der Waals surface area contributed by atoms with E-state index in [1.165, 1.54) is 0 Å². The number of carbonyl (C=O) groups is 2. The highest BCUT2D eigenvalue weighted by Gasteiger charge is 2.44. The molecule has 8 heteroatoms. The van der Waals surface area contributed by atoms with Gasteiger partial charge >= 0.3 is 5.97 Å². The first kappa shape index (κ1) is 21.7. The van der Waals surface area contributed by atoms with Crippen LogP contribution in [0.4, 0.5) is 11.5 Å². The monoisotopic (exact) mass is 437 g/mol. The number of rotatable bonds is 4. The zero-order valence-electron chi connectivity index (χ0n) is 18.7. The molecule has 2 aromatic rings. The van der Waals surface area contributed by atoms with E-state index in [1.54, 1.807) is 14.0 Å². The van der Waals surface area contributed by atoms with Crippen molar-refractivity contribution >= 4 is 23.3 Å². The van der Waals surface area contributed by atoms with Crippen molar-refractivity contribution in [2.45, 2.75) is 39.5 Å². The zero-order valence-corrected chi connectivity index (χ0v) is 18.7. The fourth-order valence-electron chi connectivity index (χ4n) is 4.47. The van der Waals surface area contributed by atoms with Gasteiger partial charge in [0.1, 0.15) is 22.9 Å². The van der Waals surface area contributed by atoms with Gasteiger partial charge in [0.2, 0.25) is 5.88 Å². The van der Waals surface area contributed by atoms with Crippen LogP contribution in [-0.2, 0) is 9.53 Å². The van der Waals surface area contributed by atoms with Crippen LogP contribution in [0.1, 0.15) is 61.0 Å². The summed E-state index contributed by atoms with van der Waals surface area (Å²) in [6.07, 6.45) is 0.950. The van der Waals surface area contributed by atoms with Gasteiger partial charge in [-0.15, -0.1) is 0 Å². The van der Waals surface area contributed by atoms with E-state index in [2.05, 4.69) is 4.98 Å². The van der Waals surface area contributed by atoms with Gasteiger partial charge in [-0.2, -0.15) is 4.98 Å². The zero-order chi connectivity index (χ0) is 23.2. The third kappa shape index (κ3) is 3.55. The Morgan fingerprint density at radius 3 is 2.53 bits per heavy atom. The fraction of sp³-hybridized carbons (Fsp3) is 0.375. The Hall–Kier alpha value is -3.55. The number of ether oxygens (including phenoxy) is 3. The number of fused-ring (bicyclic) bond motifs is 1. The van der Waals surface area contributed by atoms with Gasteiger partial charge in [0, 0.05) is 24.3 Å². The number of methoxy groups -OCH3 is 1. The van der Waals surface area contributed by atoms with Crippen molar-refractivity contribution in [1.82, 2.24) is 4.98 Å². The van der Waals surface area contributed by atoms with E-state index < -0.39 is 11.9 Å². The summed E-state index contributed by atoms with van der Waals surface area (Å²) in [5.74, 6) is 0.150. The molecule has 0 radical (unpaired) electrons. The second-order valence-corrected chi connectivity index (χ2v) is 8.81. The van der Waals surface area contributed by atoms with Crippen molar-refractivity contribution < 1.29 is 23.8 Å². The molecule has 32 heavy (non-hydrogen) atoms. The highest BCUT2D eigenvalue weighted by molar-refractivity contribution is 6.04. The molecule has 0 saturated carbocycles. The summed E-state index contributed by atoms with van der Waals surface area (Å²) in [7, 11) is 1.59. The molecule has 1 aromatic carbocycles. The van der Waals surface area contributed by atoms with E-state index in [9.17, 15) is 9.59 Å². The predicted octanol–water partition coefficient (Wildman–Crippen LogP) is 3.60. The molecule has 168 valence electrons. The lowest BCUT2D eigenvalue weighted by Gasteiger charge is -2.38. The molecule has 0 saturated heterocycles. The number of benzene rings is 1. The predicted molar refractivity (Wildman–Crippen MR) is 120 cm³/mol. The number of anilines is 2. The Labute approximate surface area is 186 Å². The van der Waals surface area contributed by atoms with Gasteiger partial charge in [-0.3, -0.25) is 4.79 Å². The molecule has 2 aliphatic rings. The summed E-state index contributed by atoms with van der Waals surface area (Å²) < 4.78 is 16.5. The maximum absolute atomic E-state index is 13.3. The van der Waals surface area contributed by atoms with Crippen molar-refractivity contribution in [3.05, 3.63) is 52.3 Å². The Kier molecular flexibility index (Phi) is 5.32. The molecule has 4 N–H and O–H groups in total. The van der Waals surface area contributed by atoms with Gasteiger partial charge in [0.05, 0.1) is 25.0 Å². The number of nitrogen functional groups attached to an aromatic ring is 2. The minimum atomic E-state index is -0.665. The van der Waals surface area contributed by atoms with Gasteiger partial charge in [-0.05, 0) is 30.0 Å². The number of nitrogens with two attached hydrogens (primary N) is 2. The molecule has 1 aromatic heterocycles. The molecule has 1 atom stereocenters. The minimum Gasteiger partial charge on any atom is -0.497 e. The minimum absolute atomic E-state index is 0.0136. The van der Waals surface area contributed by atoms with E-state index >= 15 is 0 Å². The smallest absolute Gasteiger partial charge is 0.344 e. The third-order valence-corrected chi connectivity index (χ3v) is 5.87. The number of esters is 1. The van der Waals surface area contributed by atoms with Crippen LogP contribution in [0.25, 0.3) is 0 Å². The first-order chi connectivity index (χ1) is 15.2. The van der Waals surface area contributed by atoms with Crippen LogP contribution >= 0.6 is 0 Å². The van der Waals surface area contributed by atoms with E-state index in [-0.39, 0.29) is 40.8 Å². The Morgan fingerprint density at radius 2 is 1.91 bits per heavy atom. The highest BCUT2D eigenvalue weighted by atomic mass is 16.5. The summed E-state index contributed by atoms with van der Waals surface area (Å²) in [4.78, 5) is 30.2.